The van der Waals surface area contributed by atoms with Gasteiger partial charge >= 0.3 is 5.91 Å². The van der Waals surface area contributed by atoms with E-state index in [1.54, 1.807) is 42.5 Å². The van der Waals surface area contributed by atoms with Gasteiger partial charge in [0.15, 0.2) is 16.8 Å². The first-order chi connectivity index (χ1) is 11.6. The quantitative estimate of drug-likeness (QED) is 0.505. The second-order valence-corrected chi connectivity index (χ2v) is 4.92. The van der Waals surface area contributed by atoms with Crippen LogP contribution in [0.25, 0.3) is 11.0 Å². The van der Waals surface area contributed by atoms with Crippen molar-refractivity contribution in [3.8, 4) is 0 Å². The standard InChI is InChI=1S/C17H12N2O5/c20-13-9-14(17(22)19-23)24-15-11(13)7-4-8-12(15)18-16(21)10-5-2-1-3-6-10/h1-9,23H,(H,18,21)(H,19,22). The van der Waals surface area contributed by atoms with E-state index < -0.39 is 11.3 Å². The van der Waals surface area contributed by atoms with Gasteiger partial charge in [-0.3, -0.25) is 19.6 Å². The van der Waals surface area contributed by atoms with Gasteiger partial charge in [0.25, 0.3) is 5.91 Å². The van der Waals surface area contributed by atoms with Crippen LogP contribution in [-0.4, -0.2) is 17.0 Å². The highest BCUT2D eigenvalue weighted by molar-refractivity contribution is 6.08. The summed E-state index contributed by atoms with van der Waals surface area (Å²) in [6, 6.07) is 14.1. The summed E-state index contributed by atoms with van der Waals surface area (Å²) in [4.78, 5) is 35.8. The van der Waals surface area contributed by atoms with Crippen molar-refractivity contribution in [3.05, 3.63) is 76.1 Å². The number of carbonyl (C=O) groups excluding carboxylic acids is 2. The number of nitrogens with one attached hydrogen (secondary N) is 2. The maximum absolute atomic E-state index is 12.3. The fraction of sp³-hybridized carbons (Fsp3) is 0. The third kappa shape index (κ3) is 2.88. The number of amides is 2. The highest BCUT2D eigenvalue weighted by Crippen LogP contribution is 2.23. The monoisotopic (exact) mass is 324 g/mol. The molecule has 1 heterocycles. The molecule has 0 radical (unpaired) electrons. The molecule has 0 atom stereocenters. The van der Waals surface area contributed by atoms with Crippen LogP contribution < -0.4 is 16.2 Å². The number of benzene rings is 2. The summed E-state index contributed by atoms with van der Waals surface area (Å²) in [5, 5.41) is 11.5. The minimum Gasteiger partial charge on any atom is -0.448 e. The van der Waals surface area contributed by atoms with Crippen molar-refractivity contribution in [1.82, 2.24) is 5.48 Å². The van der Waals surface area contributed by atoms with Crippen molar-refractivity contribution < 1.29 is 19.2 Å². The Morgan fingerprint density at radius 2 is 1.71 bits per heavy atom. The molecule has 0 saturated carbocycles. The molecule has 3 N–H and O–H groups in total. The molecular weight excluding hydrogens is 312 g/mol. The van der Waals surface area contributed by atoms with Crippen LogP contribution >= 0.6 is 0 Å². The predicted molar refractivity (Wildman–Crippen MR) is 86.1 cm³/mol. The van der Waals surface area contributed by atoms with Crippen LogP contribution in [0.3, 0.4) is 0 Å². The average molecular weight is 324 g/mol. The molecule has 7 nitrogen and oxygen atoms in total. The zero-order valence-corrected chi connectivity index (χ0v) is 12.3. The third-order valence-electron chi connectivity index (χ3n) is 3.36. The summed E-state index contributed by atoms with van der Waals surface area (Å²) in [5.41, 5.74) is 1.66. The van der Waals surface area contributed by atoms with E-state index in [4.69, 9.17) is 9.62 Å². The first kappa shape index (κ1) is 15.4. The van der Waals surface area contributed by atoms with Gasteiger partial charge in [0.1, 0.15) is 0 Å². The first-order valence-electron chi connectivity index (χ1n) is 6.98. The van der Waals surface area contributed by atoms with E-state index in [1.165, 1.54) is 11.5 Å². The van der Waals surface area contributed by atoms with E-state index in [-0.39, 0.29) is 28.3 Å². The number of hydrogen-bond donors (Lipinski definition) is 3. The van der Waals surface area contributed by atoms with Crippen LogP contribution in [-0.2, 0) is 0 Å². The summed E-state index contributed by atoms with van der Waals surface area (Å²) in [5.74, 6) is -1.71. The van der Waals surface area contributed by atoms with Crippen molar-refractivity contribution in [2.45, 2.75) is 0 Å². The highest BCUT2D eigenvalue weighted by atomic mass is 16.5. The summed E-state index contributed by atoms with van der Waals surface area (Å²) in [6.07, 6.45) is 0. The van der Waals surface area contributed by atoms with E-state index in [2.05, 4.69) is 5.32 Å². The number of anilines is 1. The SMILES string of the molecule is O=C(Nc1cccc2c(=O)cc(C(=O)NO)oc12)c1ccccc1. The highest BCUT2D eigenvalue weighted by Gasteiger charge is 2.15. The van der Waals surface area contributed by atoms with E-state index in [0.717, 1.165) is 6.07 Å². The second-order valence-electron chi connectivity index (χ2n) is 4.92. The fourth-order valence-electron chi connectivity index (χ4n) is 2.23. The summed E-state index contributed by atoms with van der Waals surface area (Å²) in [6.45, 7) is 0. The number of hydrogen-bond acceptors (Lipinski definition) is 5. The summed E-state index contributed by atoms with van der Waals surface area (Å²) < 4.78 is 5.38. The molecule has 2 aromatic carbocycles. The van der Waals surface area contributed by atoms with Crippen molar-refractivity contribution in [2.75, 3.05) is 5.32 Å². The van der Waals surface area contributed by atoms with Crippen LogP contribution in [0.2, 0.25) is 0 Å². The maximum Gasteiger partial charge on any atom is 0.310 e. The number of carbonyl (C=O) groups is 2. The Hall–Kier alpha value is -3.45. The molecule has 0 aliphatic rings. The van der Waals surface area contributed by atoms with E-state index in [1.807, 2.05) is 0 Å². The van der Waals surface area contributed by atoms with Gasteiger partial charge < -0.3 is 9.73 Å². The van der Waals surface area contributed by atoms with Crippen molar-refractivity contribution >= 4 is 28.5 Å². The van der Waals surface area contributed by atoms with Crippen LogP contribution in [0.1, 0.15) is 20.9 Å². The third-order valence-corrected chi connectivity index (χ3v) is 3.36. The Morgan fingerprint density at radius 3 is 2.42 bits per heavy atom. The Balaban J connectivity index is 2.08. The van der Waals surface area contributed by atoms with Crippen LogP contribution in [0, 0.1) is 0 Å². The van der Waals surface area contributed by atoms with Crippen LogP contribution in [0.5, 0.6) is 0 Å². The topological polar surface area (TPSA) is 109 Å². The molecule has 0 aliphatic heterocycles. The largest absolute Gasteiger partial charge is 0.448 e. The van der Waals surface area contributed by atoms with Crippen LogP contribution in [0.15, 0.2) is 63.8 Å². The lowest BCUT2D eigenvalue weighted by atomic mass is 10.1. The van der Waals surface area contributed by atoms with Gasteiger partial charge in [-0.05, 0) is 24.3 Å². The number of fused-ring (bicyclic) bond motifs is 1. The van der Waals surface area contributed by atoms with Gasteiger partial charge in [-0.2, -0.15) is 0 Å². The van der Waals surface area contributed by atoms with Crippen molar-refractivity contribution in [1.29, 1.82) is 0 Å². The lowest BCUT2D eigenvalue weighted by molar-refractivity contribution is 0.0676. The molecule has 3 aromatic rings. The molecule has 2 amide bonds. The normalized spacial score (nSPS) is 10.4. The van der Waals surface area contributed by atoms with Crippen molar-refractivity contribution in [3.63, 3.8) is 0 Å². The molecule has 3 rings (SSSR count). The zero-order valence-electron chi connectivity index (χ0n) is 12.3. The lowest BCUT2D eigenvalue weighted by Crippen LogP contribution is -2.20. The van der Waals surface area contributed by atoms with Crippen LogP contribution in [0.4, 0.5) is 5.69 Å². The number of para-hydroxylation sites is 1. The van der Waals surface area contributed by atoms with Crippen molar-refractivity contribution in [2.24, 2.45) is 0 Å². The smallest absolute Gasteiger partial charge is 0.310 e. The van der Waals surface area contributed by atoms with Gasteiger partial charge in [-0.15, -0.1) is 0 Å². The van der Waals surface area contributed by atoms with E-state index in [0.29, 0.717) is 5.56 Å². The Morgan fingerprint density at radius 1 is 0.958 bits per heavy atom. The molecule has 0 aliphatic carbocycles. The van der Waals surface area contributed by atoms with E-state index in [9.17, 15) is 14.4 Å². The molecular formula is C17H12N2O5. The zero-order chi connectivity index (χ0) is 17.1. The van der Waals surface area contributed by atoms with E-state index >= 15 is 0 Å². The number of hydroxylamine groups is 1. The summed E-state index contributed by atoms with van der Waals surface area (Å²) in [7, 11) is 0. The minimum absolute atomic E-state index is 0.0490. The molecule has 24 heavy (non-hydrogen) atoms. The fourth-order valence-corrected chi connectivity index (χ4v) is 2.23. The Bertz CT molecular complexity index is 979. The molecule has 7 heteroatoms. The second kappa shape index (κ2) is 6.35. The minimum atomic E-state index is -0.960. The number of rotatable bonds is 3. The van der Waals surface area contributed by atoms with Gasteiger partial charge in [0.05, 0.1) is 11.1 Å². The van der Waals surface area contributed by atoms with Gasteiger partial charge in [-0.25, -0.2) is 5.48 Å². The molecule has 0 bridgehead atoms. The molecule has 0 spiro atoms. The van der Waals surface area contributed by atoms with Gasteiger partial charge in [0.2, 0.25) is 0 Å². The van der Waals surface area contributed by atoms with Gasteiger partial charge in [-0.1, -0.05) is 24.3 Å². The predicted octanol–water partition coefficient (Wildman–Crippen LogP) is 2.16. The molecule has 0 saturated heterocycles. The van der Waals surface area contributed by atoms with Gasteiger partial charge in [0, 0.05) is 11.6 Å². The maximum atomic E-state index is 12.3. The lowest BCUT2D eigenvalue weighted by Gasteiger charge is -2.08. The first-order valence-corrected chi connectivity index (χ1v) is 6.98. The average Bonchev–Trinajstić information content (AvgIpc) is 2.62. The Kier molecular flexibility index (Phi) is 4.09. The summed E-state index contributed by atoms with van der Waals surface area (Å²) >= 11 is 0. The molecule has 0 fully saturated rings. The molecule has 120 valence electrons. The molecule has 1 aromatic heterocycles. The Labute approximate surface area is 135 Å². The molecule has 0 unspecified atom stereocenters.